The number of halogens is 1. The first kappa shape index (κ1) is 19.5. The van der Waals surface area contributed by atoms with Crippen molar-refractivity contribution in [2.45, 2.75) is 24.3 Å². The Morgan fingerprint density at radius 3 is 2.89 bits per heavy atom. The summed E-state index contributed by atoms with van der Waals surface area (Å²) >= 11 is 7.41. The fourth-order valence-electron chi connectivity index (χ4n) is 3.84. The van der Waals surface area contributed by atoms with Crippen molar-refractivity contribution in [1.29, 1.82) is 0 Å². The first-order valence-electron chi connectivity index (χ1n) is 9.20. The molecule has 4 rings (SSSR count). The summed E-state index contributed by atoms with van der Waals surface area (Å²) in [6, 6.07) is 7.69. The Labute approximate surface area is 173 Å². The molecule has 3 aromatic rings. The van der Waals surface area contributed by atoms with Gasteiger partial charge < -0.3 is 19.8 Å². The summed E-state index contributed by atoms with van der Waals surface area (Å²) in [5.41, 5.74) is 11.8. The Bertz CT molecular complexity index is 998. The summed E-state index contributed by atoms with van der Waals surface area (Å²) in [5.74, 6) is 0. The number of aromatic nitrogens is 2. The van der Waals surface area contributed by atoms with Gasteiger partial charge in [-0.25, -0.2) is 4.98 Å². The van der Waals surface area contributed by atoms with Gasteiger partial charge in [0.2, 0.25) is 0 Å². The topological polar surface area (TPSA) is 81.8 Å². The van der Waals surface area contributed by atoms with Crippen LogP contribution in [0.5, 0.6) is 0 Å². The molecule has 1 aromatic carbocycles. The molecule has 148 valence electrons. The van der Waals surface area contributed by atoms with E-state index in [1.807, 2.05) is 37.4 Å². The zero-order valence-corrected chi connectivity index (χ0v) is 17.6. The van der Waals surface area contributed by atoms with Gasteiger partial charge in [-0.15, -0.1) is 0 Å². The van der Waals surface area contributed by atoms with Crippen LogP contribution in [0.25, 0.3) is 16.9 Å². The van der Waals surface area contributed by atoms with Gasteiger partial charge in [-0.1, -0.05) is 11.6 Å². The van der Waals surface area contributed by atoms with Gasteiger partial charge in [-0.3, -0.25) is 5.14 Å². The van der Waals surface area contributed by atoms with Crippen molar-refractivity contribution in [1.82, 2.24) is 14.3 Å². The first-order valence-corrected chi connectivity index (χ1v) is 10.5. The van der Waals surface area contributed by atoms with E-state index < -0.39 is 0 Å². The Hall–Kier alpha value is -1.77. The molecule has 1 aliphatic rings. The van der Waals surface area contributed by atoms with E-state index in [2.05, 4.69) is 16.3 Å². The summed E-state index contributed by atoms with van der Waals surface area (Å²) < 4.78 is 8.11. The van der Waals surface area contributed by atoms with E-state index in [4.69, 9.17) is 32.2 Å². The van der Waals surface area contributed by atoms with Crippen LogP contribution in [0, 0.1) is 6.92 Å². The maximum Gasteiger partial charge on any atom is 0.139 e. The van der Waals surface area contributed by atoms with Crippen molar-refractivity contribution in [3.8, 4) is 11.3 Å². The van der Waals surface area contributed by atoms with E-state index in [9.17, 15) is 0 Å². The number of hydrogen-bond acceptors (Lipinski definition) is 6. The molecule has 0 amide bonds. The maximum absolute atomic E-state index is 6.42. The number of pyridine rings is 1. The van der Waals surface area contributed by atoms with E-state index >= 15 is 0 Å². The van der Waals surface area contributed by atoms with Crippen LogP contribution in [0.15, 0.2) is 35.4 Å². The van der Waals surface area contributed by atoms with Crippen molar-refractivity contribution in [2.75, 3.05) is 32.5 Å². The van der Waals surface area contributed by atoms with Crippen molar-refractivity contribution in [3.05, 3.63) is 46.7 Å². The number of anilines is 1. The van der Waals surface area contributed by atoms with Gasteiger partial charge in [0.25, 0.3) is 0 Å². The molecule has 0 bridgehead atoms. The van der Waals surface area contributed by atoms with E-state index in [1.54, 1.807) is 0 Å². The van der Waals surface area contributed by atoms with E-state index in [0.29, 0.717) is 10.7 Å². The molecule has 6 nitrogen and oxygen atoms in total. The van der Waals surface area contributed by atoms with Gasteiger partial charge >= 0.3 is 0 Å². The number of morpholine rings is 1. The summed E-state index contributed by atoms with van der Waals surface area (Å²) in [6.45, 7) is 4.62. The number of hydrogen-bond donors (Lipinski definition) is 2. The SMILES string of the molecule is Cc1cc(SN)cc(N)c1-c1nc2cc(Cl)ccn2c1CC1CN(C)CCO1. The number of fused-ring (bicyclic) bond motifs is 1. The summed E-state index contributed by atoms with van der Waals surface area (Å²) in [6.07, 6.45) is 2.81. The largest absolute Gasteiger partial charge is 0.398 e. The number of imidazole rings is 1. The first-order chi connectivity index (χ1) is 13.5. The second-order valence-corrected chi connectivity index (χ2v) is 8.41. The molecule has 0 saturated carbocycles. The van der Waals surface area contributed by atoms with Crippen molar-refractivity contribution in [2.24, 2.45) is 5.14 Å². The van der Waals surface area contributed by atoms with Crippen molar-refractivity contribution in [3.63, 3.8) is 0 Å². The van der Waals surface area contributed by atoms with Crippen LogP contribution in [0.1, 0.15) is 11.3 Å². The number of ether oxygens (including phenoxy) is 1. The number of nitrogens with two attached hydrogens (primary N) is 2. The number of rotatable bonds is 4. The van der Waals surface area contributed by atoms with Crippen LogP contribution in [0.3, 0.4) is 0 Å². The average molecular weight is 418 g/mol. The van der Waals surface area contributed by atoms with Crippen LogP contribution in [0.2, 0.25) is 5.02 Å². The van der Waals surface area contributed by atoms with Crippen molar-refractivity contribution >= 4 is 34.9 Å². The maximum atomic E-state index is 6.42. The standard InChI is InChI=1S/C20H24ClN5OS/c1-12-7-15(28-23)10-16(22)19(12)20-17(9-14-11-25(2)5-6-27-14)26-4-3-13(21)8-18(26)24-20/h3-4,7-8,10,14H,5-6,9,11,22-23H2,1-2H3. The molecule has 1 saturated heterocycles. The lowest BCUT2D eigenvalue weighted by Gasteiger charge is -2.30. The summed E-state index contributed by atoms with van der Waals surface area (Å²) in [4.78, 5) is 8.12. The third-order valence-electron chi connectivity index (χ3n) is 5.16. The highest BCUT2D eigenvalue weighted by Gasteiger charge is 2.24. The van der Waals surface area contributed by atoms with E-state index in [-0.39, 0.29) is 6.10 Å². The Kier molecular flexibility index (Phi) is 5.53. The van der Waals surface area contributed by atoms with Crippen LogP contribution in [-0.2, 0) is 11.2 Å². The van der Waals surface area contributed by atoms with E-state index in [1.165, 1.54) is 11.9 Å². The fraction of sp³-hybridized carbons (Fsp3) is 0.350. The number of likely N-dealkylation sites (N-methyl/N-ethyl adjacent to an activating group) is 1. The highest BCUT2D eigenvalue weighted by molar-refractivity contribution is 7.97. The minimum Gasteiger partial charge on any atom is -0.398 e. The monoisotopic (exact) mass is 417 g/mol. The second-order valence-electron chi connectivity index (χ2n) is 7.26. The van der Waals surface area contributed by atoms with Crippen LogP contribution in [0.4, 0.5) is 5.69 Å². The van der Waals surface area contributed by atoms with Crippen LogP contribution >= 0.6 is 23.5 Å². The molecular formula is C20H24ClN5OS. The fourth-order valence-corrected chi connectivity index (χ4v) is 4.44. The molecule has 3 heterocycles. The van der Waals surface area contributed by atoms with Gasteiger partial charge in [-0.2, -0.15) is 0 Å². The third kappa shape index (κ3) is 3.73. The lowest BCUT2D eigenvalue weighted by atomic mass is 9.99. The van der Waals surface area contributed by atoms with Crippen LogP contribution < -0.4 is 10.9 Å². The number of nitrogens with zero attached hydrogens (tertiary/aromatic N) is 3. The number of benzene rings is 1. The predicted molar refractivity (Wildman–Crippen MR) is 116 cm³/mol. The predicted octanol–water partition coefficient (Wildman–Crippen LogP) is 3.38. The molecule has 8 heteroatoms. The average Bonchev–Trinajstić information content (AvgIpc) is 2.98. The minimum absolute atomic E-state index is 0.105. The van der Waals surface area contributed by atoms with Gasteiger partial charge in [0, 0.05) is 52.9 Å². The summed E-state index contributed by atoms with van der Waals surface area (Å²) in [7, 11) is 2.12. The number of nitrogen functional groups attached to an aromatic ring is 1. The molecule has 1 aliphatic heterocycles. The molecule has 0 spiro atoms. The molecule has 1 atom stereocenters. The molecule has 0 radical (unpaired) electrons. The number of aryl methyl sites for hydroxylation is 1. The smallest absolute Gasteiger partial charge is 0.139 e. The highest BCUT2D eigenvalue weighted by Crippen LogP contribution is 2.36. The van der Waals surface area contributed by atoms with Gasteiger partial charge in [-0.05, 0) is 49.7 Å². The van der Waals surface area contributed by atoms with Crippen molar-refractivity contribution < 1.29 is 4.74 Å². The van der Waals surface area contributed by atoms with Gasteiger partial charge in [0.1, 0.15) is 5.65 Å². The quantitative estimate of drug-likeness (QED) is 0.500. The molecule has 0 aliphatic carbocycles. The molecule has 2 aromatic heterocycles. The van der Waals surface area contributed by atoms with Crippen LogP contribution in [-0.4, -0.2) is 47.1 Å². The molecule has 4 N–H and O–H groups in total. The third-order valence-corrected chi connectivity index (χ3v) is 5.91. The lowest BCUT2D eigenvalue weighted by Crippen LogP contribution is -2.41. The Morgan fingerprint density at radius 2 is 2.18 bits per heavy atom. The van der Waals surface area contributed by atoms with Gasteiger partial charge in [0.15, 0.2) is 0 Å². The minimum atomic E-state index is 0.105. The molecule has 1 fully saturated rings. The molecule has 28 heavy (non-hydrogen) atoms. The molecular weight excluding hydrogens is 394 g/mol. The zero-order valence-electron chi connectivity index (χ0n) is 16.0. The zero-order chi connectivity index (χ0) is 19.8. The molecule has 1 unspecified atom stereocenters. The Morgan fingerprint density at radius 1 is 1.36 bits per heavy atom. The highest BCUT2D eigenvalue weighted by atomic mass is 35.5. The lowest BCUT2D eigenvalue weighted by molar-refractivity contribution is -0.0190. The normalized spacial score (nSPS) is 18.1. The Balaban J connectivity index is 1.86. The second kappa shape index (κ2) is 7.93. The van der Waals surface area contributed by atoms with Gasteiger partial charge in [0.05, 0.1) is 24.1 Å². The van der Waals surface area contributed by atoms with E-state index in [0.717, 1.165) is 59.2 Å². The summed E-state index contributed by atoms with van der Waals surface area (Å²) in [5, 5.41) is 6.38.